The number of esters is 1. The molecular weight excluding hydrogens is 306 g/mol. The summed E-state index contributed by atoms with van der Waals surface area (Å²) in [7, 11) is 0. The Kier molecular flexibility index (Phi) is 4.32. The first kappa shape index (κ1) is 13.7. The summed E-state index contributed by atoms with van der Waals surface area (Å²) in [6, 6.07) is 7.76. The standard InChI is InChI=1S/C15H14BrNO2/c1-3-19-15(18)10(2)9-11-6-7-13(16)12-5-4-8-17-14(11)12/h4-9H,3H2,1-2H3/b10-9+. The van der Waals surface area contributed by atoms with Crippen molar-refractivity contribution in [1.29, 1.82) is 0 Å². The molecule has 2 aromatic rings. The van der Waals surface area contributed by atoms with Crippen molar-refractivity contribution in [1.82, 2.24) is 4.98 Å². The van der Waals surface area contributed by atoms with E-state index in [9.17, 15) is 4.79 Å². The molecule has 0 aliphatic heterocycles. The molecule has 1 aromatic carbocycles. The van der Waals surface area contributed by atoms with E-state index in [1.54, 1.807) is 26.1 Å². The number of carbonyl (C=O) groups excluding carboxylic acids is 1. The number of hydrogen-bond acceptors (Lipinski definition) is 3. The lowest BCUT2D eigenvalue weighted by Crippen LogP contribution is -2.04. The Labute approximate surface area is 120 Å². The van der Waals surface area contributed by atoms with Crippen LogP contribution in [0.15, 0.2) is 40.5 Å². The minimum atomic E-state index is -0.297. The van der Waals surface area contributed by atoms with Crippen LogP contribution in [0.5, 0.6) is 0 Å². The van der Waals surface area contributed by atoms with Crippen LogP contribution in [0.4, 0.5) is 0 Å². The van der Waals surface area contributed by atoms with Crippen LogP contribution in [0.25, 0.3) is 17.0 Å². The molecule has 0 aliphatic carbocycles. The predicted octanol–water partition coefficient (Wildman–Crippen LogP) is 3.96. The van der Waals surface area contributed by atoms with Crippen LogP contribution in [-0.2, 0) is 9.53 Å². The molecule has 0 bridgehead atoms. The number of pyridine rings is 1. The highest BCUT2D eigenvalue weighted by atomic mass is 79.9. The topological polar surface area (TPSA) is 39.2 Å². The highest BCUT2D eigenvalue weighted by Crippen LogP contribution is 2.26. The van der Waals surface area contributed by atoms with Crippen molar-refractivity contribution in [2.45, 2.75) is 13.8 Å². The average Bonchev–Trinajstić information content (AvgIpc) is 2.42. The normalized spacial score (nSPS) is 11.6. The lowest BCUT2D eigenvalue weighted by molar-refractivity contribution is -0.138. The monoisotopic (exact) mass is 319 g/mol. The van der Waals surface area contributed by atoms with Gasteiger partial charge in [-0.25, -0.2) is 4.79 Å². The van der Waals surface area contributed by atoms with Gasteiger partial charge in [0.2, 0.25) is 0 Å². The number of aromatic nitrogens is 1. The Morgan fingerprint density at radius 2 is 2.21 bits per heavy atom. The summed E-state index contributed by atoms with van der Waals surface area (Å²) in [5.41, 5.74) is 2.33. The zero-order chi connectivity index (χ0) is 13.8. The second-order valence-electron chi connectivity index (χ2n) is 4.08. The fourth-order valence-electron chi connectivity index (χ4n) is 1.81. The molecular formula is C15H14BrNO2. The smallest absolute Gasteiger partial charge is 0.333 e. The van der Waals surface area contributed by atoms with Crippen LogP contribution in [0.1, 0.15) is 19.4 Å². The van der Waals surface area contributed by atoms with Gasteiger partial charge in [0.05, 0.1) is 12.1 Å². The molecule has 0 N–H and O–H groups in total. The maximum absolute atomic E-state index is 11.6. The second kappa shape index (κ2) is 5.97. The number of hydrogen-bond donors (Lipinski definition) is 0. The lowest BCUT2D eigenvalue weighted by atomic mass is 10.1. The van der Waals surface area contributed by atoms with Crippen molar-refractivity contribution in [3.05, 3.63) is 46.1 Å². The van der Waals surface area contributed by atoms with Gasteiger partial charge in [0, 0.05) is 27.2 Å². The van der Waals surface area contributed by atoms with E-state index in [2.05, 4.69) is 20.9 Å². The number of carbonyl (C=O) groups is 1. The van der Waals surface area contributed by atoms with E-state index >= 15 is 0 Å². The molecule has 1 heterocycles. The maximum atomic E-state index is 11.6. The Morgan fingerprint density at radius 1 is 1.42 bits per heavy atom. The molecule has 4 heteroatoms. The summed E-state index contributed by atoms with van der Waals surface area (Å²) < 4.78 is 5.96. The van der Waals surface area contributed by atoms with Crippen LogP contribution in [0, 0.1) is 0 Å². The third-order valence-corrected chi connectivity index (χ3v) is 3.41. The van der Waals surface area contributed by atoms with Crippen molar-refractivity contribution in [2.24, 2.45) is 0 Å². The number of rotatable bonds is 3. The fourth-order valence-corrected chi connectivity index (χ4v) is 2.27. The molecule has 0 fully saturated rings. The van der Waals surface area contributed by atoms with Gasteiger partial charge in [-0.05, 0) is 32.1 Å². The summed E-state index contributed by atoms with van der Waals surface area (Å²) in [6.07, 6.45) is 3.55. The summed E-state index contributed by atoms with van der Waals surface area (Å²) >= 11 is 3.50. The first-order chi connectivity index (χ1) is 9.13. The van der Waals surface area contributed by atoms with E-state index < -0.39 is 0 Å². The SMILES string of the molecule is CCOC(=O)/C(C)=C/c1ccc(Br)c2cccnc12. The molecule has 0 unspecified atom stereocenters. The van der Waals surface area contributed by atoms with Gasteiger partial charge in [-0.2, -0.15) is 0 Å². The van der Waals surface area contributed by atoms with Gasteiger partial charge in [0.1, 0.15) is 0 Å². The Hall–Kier alpha value is -1.68. The summed E-state index contributed by atoms with van der Waals surface area (Å²) in [5.74, 6) is -0.297. The number of ether oxygens (including phenoxy) is 1. The lowest BCUT2D eigenvalue weighted by Gasteiger charge is -2.05. The summed E-state index contributed by atoms with van der Waals surface area (Å²) in [4.78, 5) is 16.0. The fraction of sp³-hybridized carbons (Fsp3) is 0.200. The van der Waals surface area contributed by atoms with E-state index in [0.717, 1.165) is 20.9 Å². The minimum Gasteiger partial charge on any atom is -0.463 e. The minimum absolute atomic E-state index is 0.297. The molecule has 0 spiro atoms. The van der Waals surface area contributed by atoms with E-state index in [0.29, 0.717) is 12.2 Å². The first-order valence-corrected chi connectivity index (χ1v) is 6.81. The molecule has 0 saturated carbocycles. The molecule has 98 valence electrons. The summed E-state index contributed by atoms with van der Waals surface area (Å²) in [6.45, 7) is 3.92. The van der Waals surface area contributed by atoms with Gasteiger partial charge in [0.15, 0.2) is 0 Å². The van der Waals surface area contributed by atoms with E-state index in [4.69, 9.17) is 4.74 Å². The van der Waals surface area contributed by atoms with Gasteiger partial charge >= 0.3 is 5.97 Å². The summed E-state index contributed by atoms with van der Waals surface area (Å²) in [5, 5.41) is 1.02. The third-order valence-electron chi connectivity index (χ3n) is 2.72. The van der Waals surface area contributed by atoms with Crippen molar-refractivity contribution < 1.29 is 9.53 Å². The molecule has 2 rings (SSSR count). The molecule has 0 atom stereocenters. The number of nitrogens with zero attached hydrogens (tertiary/aromatic N) is 1. The van der Waals surface area contributed by atoms with Crippen molar-refractivity contribution in [3.63, 3.8) is 0 Å². The Morgan fingerprint density at radius 3 is 2.95 bits per heavy atom. The van der Waals surface area contributed by atoms with Crippen molar-refractivity contribution >= 4 is 38.9 Å². The van der Waals surface area contributed by atoms with Crippen LogP contribution in [-0.4, -0.2) is 17.6 Å². The van der Waals surface area contributed by atoms with Crippen molar-refractivity contribution in [2.75, 3.05) is 6.61 Å². The average molecular weight is 320 g/mol. The Bertz CT molecular complexity index is 650. The van der Waals surface area contributed by atoms with Gasteiger partial charge in [-0.15, -0.1) is 0 Å². The molecule has 0 aliphatic rings. The highest BCUT2D eigenvalue weighted by Gasteiger charge is 2.08. The molecule has 3 nitrogen and oxygen atoms in total. The molecule has 0 amide bonds. The Balaban J connectivity index is 2.49. The first-order valence-electron chi connectivity index (χ1n) is 6.02. The quantitative estimate of drug-likeness (QED) is 0.635. The van der Waals surface area contributed by atoms with Gasteiger partial charge < -0.3 is 4.74 Å². The highest BCUT2D eigenvalue weighted by molar-refractivity contribution is 9.10. The van der Waals surface area contributed by atoms with E-state index in [1.807, 2.05) is 24.3 Å². The van der Waals surface area contributed by atoms with Crippen LogP contribution in [0.3, 0.4) is 0 Å². The number of halogens is 1. The van der Waals surface area contributed by atoms with Gasteiger partial charge in [-0.1, -0.05) is 28.1 Å². The van der Waals surface area contributed by atoms with Crippen LogP contribution < -0.4 is 0 Å². The van der Waals surface area contributed by atoms with Gasteiger partial charge in [-0.3, -0.25) is 4.98 Å². The molecule has 0 saturated heterocycles. The zero-order valence-corrected chi connectivity index (χ0v) is 12.4. The van der Waals surface area contributed by atoms with Gasteiger partial charge in [0.25, 0.3) is 0 Å². The second-order valence-corrected chi connectivity index (χ2v) is 4.94. The third kappa shape index (κ3) is 3.01. The zero-order valence-electron chi connectivity index (χ0n) is 10.8. The van der Waals surface area contributed by atoms with E-state index in [-0.39, 0.29) is 5.97 Å². The molecule has 0 radical (unpaired) electrons. The van der Waals surface area contributed by atoms with Crippen LogP contribution >= 0.6 is 15.9 Å². The predicted molar refractivity (Wildman–Crippen MR) is 79.7 cm³/mol. The van der Waals surface area contributed by atoms with Crippen molar-refractivity contribution in [3.8, 4) is 0 Å². The van der Waals surface area contributed by atoms with E-state index in [1.165, 1.54) is 0 Å². The molecule has 1 aromatic heterocycles. The number of fused-ring (bicyclic) bond motifs is 1. The number of benzene rings is 1. The van der Waals surface area contributed by atoms with Crippen LogP contribution in [0.2, 0.25) is 0 Å². The molecule has 19 heavy (non-hydrogen) atoms. The maximum Gasteiger partial charge on any atom is 0.333 e. The largest absolute Gasteiger partial charge is 0.463 e.